The van der Waals surface area contributed by atoms with Crippen molar-refractivity contribution in [1.82, 2.24) is 44.6 Å². The van der Waals surface area contributed by atoms with Crippen LogP contribution in [0.1, 0.15) is 103 Å². The molecule has 118 heavy (non-hydrogen) atoms. The molecule has 0 saturated heterocycles. The number of phenolic OH excluding ortho intramolecular Hbond substituents is 1. The van der Waals surface area contributed by atoms with Crippen LogP contribution in [0.4, 0.5) is 28.4 Å². The molecule has 0 aliphatic carbocycles. The molecule has 18 rings (SSSR count). The van der Waals surface area contributed by atoms with E-state index in [0.717, 1.165) is 33.6 Å². The second-order valence-corrected chi connectivity index (χ2v) is 29.6. The third-order valence-electron chi connectivity index (χ3n) is 21.5. The van der Waals surface area contributed by atoms with Gasteiger partial charge in [0.15, 0.2) is 0 Å². The fourth-order valence-corrected chi connectivity index (χ4v) is 16.1. The monoisotopic (exact) mass is 1550 g/mol. The van der Waals surface area contributed by atoms with Gasteiger partial charge in [0.2, 0.25) is 0 Å². The number of aromatic nitrogens is 6. The van der Waals surface area contributed by atoms with E-state index in [-0.39, 0.29) is 41.6 Å². The first kappa shape index (κ1) is 74.3. The van der Waals surface area contributed by atoms with Gasteiger partial charge >= 0.3 is 0 Å². The fraction of sp³-hybridized carbons (Fsp3) is 0.0928. The zero-order valence-corrected chi connectivity index (χ0v) is 63.8. The number of anilines is 4. The Labute approximate surface area is 678 Å². The predicted octanol–water partition coefficient (Wildman–Crippen LogP) is 19.3. The van der Waals surface area contributed by atoms with E-state index >= 15 is 19.2 Å². The van der Waals surface area contributed by atoms with Crippen molar-refractivity contribution in [2.45, 2.75) is 45.8 Å². The number of rotatable bonds is 10. The van der Waals surface area contributed by atoms with Crippen molar-refractivity contribution in [3.63, 3.8) is 0 Å². The third kappa shape index (κ3) is 16.0. The van der Waals surface area contributed by atoms with E-state index in [2.05, 4.69) is 50.9 Å². The Balaban J connectivity index is 0.834. The smallest absolute Gasteiger partial charge is 0.274 e. The quantitative estimate of drug-likeness (QED) is 0.0496. The lowest BCUT2D eigenvalue weighted by Crippen LogP contribution is -2.34. The molecule has 0 unspecified atom stereocenters. The molecule has 21 nitrogen and oxygen atoms in total. The van der Waals surface area contributed by atoms with Crippen LogP contribution >= 0.6 is 0 Å². The van der Waals surface area contributed by atoms with Gasteiger partial charge in [0.05, 0.1) is 39.1 Å². The Morgan fingerprint density at radius 3 is 1.10 bits per heavy atom. The average Bonchev–Trinajstić information content (AvgIpc) is 1.60. The van der Waals surface area contributed by atoms with Crippen molar-refractivity contribution >= 4 is 98.4 Å². The van der Waals surface area contributed by atoms with Crippen LogP contribution in [0.2, 0.25) is 0 Å². The Morgan fingerprint density at radius 1 is 0.381 bits per heavy atom. The summed E-state index contributed by atoms with van der Waals surface area (Å²) in [6.45, 7) is 3.23. The number of nitro groups is 1. The number of amides is 4. The number of benzene rings is 9. The molecule has 9 heterocycles. The lowest BCUT2D eigenvalue weighted by molar-refractivity contribution is -0.385. The van der Waals surface area contributed by atoms with Gasteiger partial charge in [0, 0.05) is 195 Å². The summed E-state index contributed by atoms with van der Waals surface area (Å²) in [7, 11) is 0. The van der Waals surface area contributed by atoms with Crippen LogP contribution in [-0.2, 0) is 45.8 Å². The van der Waals surface area contributed by atoms with Crippen molar-refractivity contribution in [2.75, 3.05) is 34.4 Å². The molecule has 0 radical (unpaired) electrons. The molecule has 4 aliphatic rings. The summed E-state index contributed by atoms with van der Waals surface area (Å²) in [6, 6.07) is 84.2. The Hall–Kier alpha value is -15.2. The van der Waals surface area contributed by atoms with Crippen molar-refractivity contribution in [3.8, 4) is 50.3 Å². The Bertz CT molecular complexity index is 6260. The first-order valence-corrected chi connectivity index (χ1v) is 38.9. The van der Waals surface area contributed by atoms with Crippen LogP contribution in [0.5, 0.6) is 5.75 Å². The van der Waals surface area contributed by atoms with E-state index in [0.29, 0.717) is 192 Å². The Kier molecular flexibility index (Phi) is 20.6. The van der Waals surface area contributed by atoms with Crippen LogP contribution < -0.4 is 21.3 Å². The molecule has 14 aromatic rings. The van der Waals surface area contributed by atoms with E-state index < -0.39 is 4.92 Å². The first-order valence-electron chi connectivity index (χ1n) is 38.9. The normalized spacial score (nSPS) is 13.7. The van der Waals surface area contributed by atoms with Crippen molar-refractivity contribution < 1.29 is 29.2 Å². The molecular formula is C97H76N14O7. The van der Waals surface area contributed by atoms with Gasteiger partial charge in [-0.05, 0) is 180 Å². The second-order valence-electron chi connectivity index (χ2n) is 29.6. The van der Waals surface area contributed by atoms with Crippen molar-refractivity contribution in [1.29, 1.82) is 0 Å². The van der Waals surface area contributed by atoms with Gasteiger partial charge in [0.1, 0.15) is 5.75 Å². The molecule has 0 saturated carbocycles. The minimum atomic E-state index is -0.447. The molecule has 5 aromatic heterocycles. The van der Waals surface area contributed by atoms with Crippen molar-refractivity contribution in [2.24, 2.45) is 0 Å². The molecule has 21 heteroatoms. The fourth-order valence-electron chi connectivity index (χ4n) is 16.1. The lowest BCUT2D eigenvalue weighted by Gasteiger charge is -2.28. The molecular weight excluding hydrogens is 1470 g/mol. The largest absolute Gasteiger partial charge is 0.508 e. The number of aromatic amines is 2. The summed E-state index contributed by atoms with van der Waals surface area (Å²) in [6.07, 6.45) is 11.3. The van der Waals surface area contributed by atoms with Gasteiger partial charge in [-0.25, -0.2) is 9.97 Å². The zero-order chi connectivity index (χ0) is 80.2. The van der Waals surface area contributed by atoms with Crippen molar-refractivity contribution in [3.05, 3.63) is 380 Å². The number of hydrogen-bond donors (Lipinski definition) is 7. The van der Waals surface area contributed by atoms with Crippen LogP contribution in [0, 0.1) is 10.1 Å². The molecule has 4 amide bonds. The Morgan fingerprint density at radius 2 is 0.737 bits per heavy atom. The molecule has 0 atom stereocenters. The average molecular weight is 1550 g/mol. The van der Waals surface area contributed by atoms with Gasteiger partial charge in [-0.2, -0.15) is 0 Å². The maximum Gasteiger partial charge on any atom is 0.274 e. The van der Waals surface area contributed by atoms with Crippen LogP contribution in [0.15, 0.2) is 285 Å². The first-order chi connectivity index (χ1) is 57.8. The minimum Gasteiger partial charge on any atom is -0.508 e. The summed E-state index contributed by atoms with van der Waals surface area (Å²) >= 11 is 0. The third-order valence-corrected chi connectivity index (χ3v) is 21.5. The molecule has 7 N–H and O–H groups in total. The highest BCUT2D eigenvalue weighted by Crippen LogP contribution is 2.44. The van der Waals surface area contributed by atoms with E-state index in [4.69, 9.17) is 15.0 Å². The topological polar surface area (TPSA) is 273 Å². The minimum absolute atomic E-state index is 0.0976. The SMILES string of the molecule is O=C1Nc2ccccc2-c2c3nc(c4c5ccc([nH]5)c(c5nc(c(c6ccc2[nH]6)-c2ccccc2NC(=O)c2cccc(c2)CN(CCN(Cc2ccccn2)Cc2cc(O)ccc2[N+](=O)[O-])Cc2cccc1c2)C=C5)-c1ccccc1NC(=O)c1cccc(c1)CN(Cc1ccccn1)Cc1cccc(c1)C(=O)Nc1ccccc1-4)C=C3. The summed E-state index contributed by atoms with van der Waals surface area (Å²) in [4.78, 5) is 108. The van der Waals surface area contributed by atoms with Gasteiger partial charge < -0.3 is 36.3 Å². The van der Waals surface area contributed by atoms with Gasteiger partial charge in [0.25, 0.3) is 29.3 Å². The van der Waals surface area contributed by atoms with Crippen LogP contribution in [-0.4, -0.2) is 91.4 Å². The maximum atomic E-state index is 15.4. The second kappa shape index (κ2) is 32.7. The highest BCUT2D eigenvalue weighted by molar-refractivity contribution is 6.13. The number of para-hydroxylation sites is 4. The van der Waals surface area contributed by atoms with E-state index in [1.165, 1.54) is 18.2 Å². The number of carbonyl (C=O) groups is 4. The number of pyridine rings is 2. The summed E-state index contributed by atoms with van der Waals surface area (Å²) in [5, 5.41) is 36.5. The van der Waals surface area contributed by atoms with Gasteiger partial charge in [-0.1, -0.05) is 133 Å². The molecule has 0 spiro atoms. The molecule has 576 valence electrons. The number of hydrogen-bond acceptors (Lipinski definition) is 14. The highest BCUT2D eigenvalue weighted by Gasteiger charge is 2.28. The number of fused-ring (bicyclic) bond motifs is 24. The number of nitro benzene ring substituents is 1. The number of nitrogens with zero attached hydrogens (tertiary/aromatic N) is 8. The van der Waals surface area contributed by atoms with Crippen LogP contribution in [0.3, 0.4) is 0 Å². The number of phenols is 1. The standard InChI is InChI=1S/C97H76N14O7/c112-72-35-44-89(111(117)118)69(53-72)58-109(59-70-25-9-11-45-98-70)48-47-108-54-61-17-13-21-65(49-61)94(113)104-77-31-5-1-27-73(77)90-81-36-37-82(100-81)91(74-28-2-6-32-78(74)105-95(114)66-22-14-18-62(50-66)55-108)84-39-41-86(102-84)93-76-30-4-8-34-80(76)107-97(116)68-24-16-20-64(52-68)57-110(60-71-26-10-12-46-99-71)56-63-19-15-23-67(51-63)96(115)106-79-33-7-3-29-75(79)92(85-40-38-83(90)101-85)87-42-43-88(93)103-87/h1-46,49-53,100,103,112H,47-48,54-60H2,(H,104,113)(H,105,114)(H,106,115)(H,107,116). The van der Waals surface area contributed by atoms with E-state index in [1.54, 1.807) is 24.5 Å². The molecule has 4 aliphatic heterocycles. The lowest BCUT2D eigenvalue weighted by atomic mass is 10.0. The number of aromatic hydroxyl groups is 1. The van der Waals surface area contributed by atoms with Gasteiger partial charge in [-0.3, -0.25) is 54.0 Å². The highest BCUT2D eigenvalue weighted by atomic mass is 16.6. The van der Waals surface area contributed by atoms with Gasteiger partial charge in [-0.15, -0.1) is 0 Å². The maximum absolute atomic E-state index is 15.4. The summed E-state index contributed by atoms with van der Waals surface area (Å²) in [5.74, 6) is -1.52. The van der Waals surface area contributed by atoms with Crippen LogP contribution in [0.25, 0.3) is 90.9 Å². The predicted molar refractivity (Wildman–Crippen MR) is 463 cm³/mol. The number of H-pyrrole nitrogens is 2. The number of nitrogens with one attached hydrogen (secondary N) is 6. The number of carbonyl (C=O) groups excluding carboxylic acids is 4. The summed E-state index contributed by atoms with van der Waals surface area (Å²) in [5.41, 5.74) is 18.4. The summed E-state index contributed by atoms with van der Waals surface area (Å²) < 4.78 is 0. The molecule has 20 bridgehead atoms. The van der Waals surface area contributed by atoms with E-state index in [1.807, 2.05) is 267 Å². The molecule has 0 fully saturated rings. The molecule has 9 aromatic carbocycles. The zero-order valence-electron chi connectivity index (χ0n) is 63.8. The van der Waals surface area contributed by atoms with E-state index in [9.17, 15) is 15.2 Å².